The third-order valence-corrected chi connectivity index (χ3v) is 4.94. The molecule has 0 aromatic carbocycles. The molecule has 2 heterocycles. The van der Waals surface area contributed by atoms with Crippen LogP contribution < -0.4 is 0 Å². The van der Waals surface area contributed by atoms with Crippen LogP contribution in [0.15, 0.2) is 17.8 Å². The molecule has 11 heteroatoms. The van der Waals surface area contributed by atoms with E-state index in [2.05, 4.69) is 31.9 Å². The molecule has 0 aliphatic rings. The van der Waals surface area contributed by atoms with Crippen LogP contribution in [0.5, 0.6) is 0 Å². The fraction of sp³-hybridized carbons (Fsp3) is 0.308. The molecule has 2 aromatic heterocycles. The van der Waals surface area contributed by atoms with E-state index in [9.17, 15) is 25.0 Å². The number of carbonyl (C=O) groups is 1. The Morgan fingerprint density at radius 2 is 1.25 bits per heavy atom. The Hall–Kier alpha value is -2.01. The summed E-state index contributed by atoms with van der Waals surface area (Å²) in [5.41, 5.74) is 0.591. The Bertz CT molecular complexity index is 785. The summed E-state index contributed by atoms with van der Waals surface area (Å²) in [6.45, 7) is 3.38. The minimum atomic E-state index is -0.786. The molecule has 0 bridgehead atoms. The molecule has 0 spiro atoms. The number of ketones is 1. The molecule has 0 radical (unpaired) electrons. The van der Waals surface area contributed by atoms with E-state index in [0.717, 1.165) is 0 Å². The fourth-order valence-electron chi connectivity index (χ4n) is 2.20. The summed E-state index contributed by atoms with van der Waals surface area (Å²) in [7, 11) is 0. The largest absolute Gasteiger partial charge is 0.448 e. The summed E-state index contributed by atoms with van der Waals surface area (Å²) in [6, 6.07) is 0. The van der Waals surface area contributed by atoms with Gasteiger partial charge < -0.3 is 8.83 Å². The Morgan fingerprint density at radius 3 is 1.50 bits per heavy atom. The second-order valence-corrected chi connectivity index (χ2v) is 6.19. The molecule has 0 unspecified atom stereocenters. The molecule has 0 aliphatic heterocycles. The van der Waals surface area contributed by atoms with Gasteiger partial charge in [-0.05, 0) is 44.7 Å². The zero-order valence-electron chi connectivity index (χ0n) is 12.4. The number of hydrogen-bond donors (Lipinski definition) is 0. The molecule has 0 aliphatic carbocycles. The number of hydrogen-bond acceptors (Lipinski definition) is 7. The molecule has 0 saturated carbocycles. The lowest BCUT2D eigenvalue weighted by molar-refractivity contribution is -0.403. The molecular formula is C13H10Br2N2O7. The lowest BCUT2D eigenvalue weighted by Crippen LogP contribution is -2.04. The van der Waals surface area contributed by atoms with E-state index in [1.165, 1.54) is 0 Å². The highest BCUT2D eigenvalue weighted by atomic mass is 79.9. The quantitative estimate of drug-likeness (QED) is 0.347. The number of rotatable bonds is 6. The summed E-state index contributed by atoms with van der Waals surface area (Å²) in [5, 5.41) is 22.0. The van der Waals surface area contributed by atoms with E-state index in [1.807, 2.05) is 0 Å². The van der Waals surface area contributed by atoms with Crippen LogP contribution in [-0.4, -0.2) is 15.6 Å². The average molecular weight is 466 g/mol. The number of halogens is 2. The van der Waals surface area contributed by atoms with Gasteiger partial charge in [-0.1, -0.05) is 13.8 Å². The van der Waals surface area contributed by atoms with Crippen molar-refractivity contribution in [3.8, 4) is 0 Å². The monoisotopic (exact) mass is 464 g/mol. The molecule has 24 heavy (non-hydrogen) atoms. The molecule has 2 rings (SSSR count). The molecule has 0 N–H and O–H groups in total. The normalized spacial score (nSPS) is 10.8. The van der Waals surface area contributed by atoms with Crippen molar-refractivity contribution >= 4 is 49.4 Å². The SMILES string of the molecule is CCc1c(C(=O)c2oc([N+](=O)[O-])c(Br)c2CC)oc([N+](=O)[O-])c1Br. The summed E-state index contributed by atoms with van der Waals surface area (Å²) >= 11 is 6.09. The smallest absolute Gasteiger partial charge is 0.396 e. The molecule has 0 saturated heterocycles. The van der Waals surface area contributed by atoms with E-state index in [1.54, 1.807) is 13.8 Å². The van der Waals surface area contributed by atoms with Crippen molar-refractivity contribution in [1.29, 1.82) is 0 Å². The highest BCUT2D eigenvalue weighted by Crippen LogP contribution is 2.39. The van der Waals surface area contributed by atoms with Gasteiger partial charge in [0.2, 0.25) is 0 Å². The zero-order chi connectivity index (χ0) is 18.2. The molecule has 128 valence electrons. The van der Waals surface area contributed by atoms with Crippen molar-refractivity contribution in [2.24, 2.45) is 0 Å². The maximum atomic E-state index is 12.7. The van der Waals surface area contributed by atoms with E-state index in [0.29, 0.717) is 11.1 Å². The minimum Gasteiger partial charge on any atom is -0.396 e. The van der Waals surface area contributed by atoms with E-state index in [-0.39, 0.29) is 33.3 Å². The fourth-order valence-corrected chi connectivity index (χ4v) is 3.57. The van der Waals surface area contributed by atoms with Gasteiger partial charge >= 0.3 is 11.8 Å². The predicted octanol–water partition coefficient (Wildman–Crippen LogP) is 4.57. The van der Waals surface area contributed by atoms with E-state index >= 15 is 0 Å². The van der Waals surface area contributed by atoms with Crippen LogP contribution in [0.4, 0.5) is 11.8 Å². The third-order valence-electron chi connectivity index (χ3n) is 3.30. The van der Waals surface area contributed by atoms with Crippen molar-refractivity contribution < 1.29 is 23.5 Å². The van der Waals surface area contributed by atoms with Gasteiger partial charge in [0.25, 0.3) is 5.78 Å². The Labute approximate surface area is 151 Å². The number of nitro groups is 2. The second-order valence-electron chi connectivity index (χ2n) is 4.61. The van der Waals surface area contributed by atoms with Gasteiger partial charge in [0.15, 0.2) is 11.5 Å². The number of furan rings is 2. The lowest BCUT2D eigenvalue weighted by atomic mass is 10.1. The zero-order valence-corrected chi connectivity index (χ0v) is 15.6. The van der Waals surface area contributed by atoms with E-state index < -0.39 is 27.4 Å². The Balaban J connectivity index is 2.66. The minimum absolute atomic E-state index is 0.0662. The van der Waals surface area contributed by atoms with Gasteiger partial charge in [-0.25, -0.2) is 0 Å². The van der Waals surface area contributed by atoms with Gasteiger partial charge in [-0.2, -0.15) is 0 Å². The maximum Gasteiger partial charge on any atom is 0.448 e. The van der Waals surface area contributed by atoms with Crippen LogP contribution in [0.1, 0.15) is 41.3 Å². The Kier molecular flexibility index (Phi) is 5.23. The van der Waals surface area contributed by atoms with Crippen molar-refractivity contribution in [1.82, 2.24) is 0 Å². The van der Waals surface area contributed by atoms with Crippen LogP contribution in [0.2, 0.25) is 0 Å². The standard InChI is InChI=1S/C13H10Br2N2O7/c1-3-5-7(14)12(16(19)20)23-10(5)9(18)11-6(4-2)8(15)13(24-11)17(21)22/h3-4H2,1-2H3. The summed E-state index contributed by atoms with van der Waals surface area (Å²) in [6.07, 6.45) is 0.564. The molecule has 9 nitrogen and oxygen atoms in total. The second kappa shape index (κ2) is 6.85. The highest BCUT2D eigenvalue weighted by molar-refractivity contribution is 9.11. The topological polar surface area (TPSA) is 130 Å². The third kappa shape index (κ3) is 2.88. The van der Waals surface area contributed by atoms with Crippen LogP contribution >= 0.6 is 31.9 Å². The van der Waals surface area contributed by atoms with Crippen molar-refractivity contribution in [2.75, 3.05) is 0 Å². The van der Waals surface area contributed by atoms with Crippen molar-refractivity contribution in [3.63, 3.8) is 0 Å². The first-order chi connectivity index (χ1) is 11.2. The van der Waals surface area contributed by atoms with Gasteiger partial charge in [0.1, 0.15) is 18.8 Å². The Morgan fingerprint density at radius 1 is 0.917 bits per heavy atom. The van der Waals surface area contributed by atoms with Crippen molar-refractivity contribution in [2.45, 2.75) is 26.7 Å². The molecule has 2 aromatic rings. The van der Waals surface area contributed by atoms with Gasteiger partial charge in [0, 0.05) is 11.1 Å². The summed E-state index contributed by atoms with van der Waals surface area (Å²) in [4.78, 5) is 33.1. The van der Waals surface area contributed by atoms with Crippen LogP contribution in [0, 0.1) is 20.2 Å². The first-order valence-electron chi connectivity index (χ1n) is 6.70. The van der Waals surface area contributed by atoms with E-state index in [4.69, 9.17) is 8.83 Å². The van der Waals surface area contributed by atoms with Crippen LogP contribution in [0.3, 0.4) is 0 Å². The first-order valence-corrected chi connectivity index (χ1v) is 8.28. The molecule has 0 fully saturated rings. The average Bonchev–Trinajstić information content (AvgIpc) is 3.03. The van der Waals surface area contributed by atoms with Gasteiger partial charge in [-0.15, -0.1) is 0 Å². The lowest BCUT2D eigenvalue weighted by Gasteiger charge is -1.99. The number of nitrogens with zero attached hydrogens (tertiary/aromatic N) is 2. The number of carbonyl (C=O) groups excluding carboxylic acids is 1. The molecule has 0 amide bonds. The summed E-state index contributed by atoms with van der Waals surface area (Å²) < 4.78 is 10.3. The summed E-state index contributed by atoms with van der Waals surface area (Å²) in [5.74, 6) is -2.54. The molecule has 0 atom stereocenters. The van der Waals surface area contributed by atoms with Crippen molar-refractivity contribution in [3.05, 3.63) is 51.8 Å². The molecular weight excluding hydrogens is 456 g/mol. The highest BCUT2D eigenvalue weighted by Gasteiger charge is 2.35. The maximum absolute atomic E-state index is 12.7. The van der Waals surface area contributed by atoms with Crippen LogP contribution in [0.25, 0.3) is 0 Å². The van der Waals surface area contributed by atoms with Gasteiger partial charge in [-0.3, -0.25) is 25.0 Å². The first kappa shape index (κ1) is 18.3. The predicted molar refractivity (Wildman–Crippen MR) is 88.3 cm³/mol. The van der Waals surface area contributed by atoms with Crippen LogP contribution in [-0.2, 0) is 12.8 Å². The van der Waals surface area contributed by atoms with Gasteiger partial charge in [0.05, 0.1) is 0 Å².